The summed E-state index contributed by atoms with van der Waals surface area (Å²) >= 11 is 0. The Morgan fingerprint density at radius 3 is 2.82 bits per heavy atom. The fourth-order valence-electron chi connectivity index (χ4n) is 1.04. The van der Waals surface area contributed by atoms with E-state index in [1.165, 1.54) is 0 Å². The molecule has 0 heterocycles. The van der Waals surface area contributed by atoms with E-state index in [1.807, 2.05) is 0 Å². The molecular formula is C8H14O3. The normalized spacial score (nSPS) is 19.5. The van der Waals surface area contributed by atoms with E-state index in [9.17, 15) is 9.90 Å². The Balaban J connectivity index is 2.12. The lowest BCUT2D eigenvalue weighted by molar-refractivity contribution is -0.145. The first-order valence-corrected chi connectivity index (χ1v) is 4.07. The molecule has 64 valence electrons. The lowest BCUT2D eigenvalue weighted by Gasteiger charge is -2.06. The Labute approximate surface area is 66.4 Å². The molecule has 0 amide bonds. The Hall–Kier alpha value is -0.570. The molecule has 0 radical (unpaired) electrons. The van der Waals surface area contributed by atoms with Crippen molar-refractivity contribution in [2.75, 3.05) is 6.61 Å². The molecule has 0 aromatic carbocycles. The minimum Gasteiger partial charge on any atom is -0.466 e. The molecule has 1 N–H and O–H groups in total. The quantitative estimate of drug-likeness (QED) is 0.613. The number of aliphatic hydroxyl groups excluding tert-OH is 1. The van der Waals surface area contributed by atoms with Gasteiger partial charge in [-0.25, -0.2) is 0 Å². The van der Waals surface area contributed by atoms with Crippen molar-refractivity contribution in [1.29, 1.82) is 0 Å². The second-order valence-electron chi connectivity index (χ2n) is 2.91. The van der Waals surface area contributed by atoms with Gasteiger partial charge in [0.05, 0.1) is 19.1 Å². The molecule has 3 nitrogen and oxygen atoms in total. The van der Waals surface area contributed by atoms with Gasteiger partial charge >= 0.3 is 5.97 Å². The van der Waals surface area contributed by atoms with E-state index in [-0.39, 0.29) is 12.4 Å². The third-order valence-electron chi connectivity index (χ3n) is 1.85. The topological polar surface area (TPSA) is 46.5 Å². The predicted octanol–water partition coefficient (Wildman–Crippen LogP) is 0.711. The van der Waals surface area contributed by atoms with Gasteiger partial charge in [-0.15, -0.1) is 0 Å². The van der Waals surface area contributed by atoms with Crippen molar-refractivity contribution >= 4 is 5.97 Å². The van der Waals surface area contributed by atoms with Crippen molar-refractivity contribution in [3.63, 3.8) is 0 Å². The minimum absolute atomic E-state index is 0.165. The van der Waals surface area contributed by atoms with Crippen molar-refractivity contribution < 1.29 is 14.6 Å². The summed E-state index contributed by atoms with van der Waals surface area (Å²) in [6.07, 6.45) is 1.81. The van der Waals surface area contributed by atoms with Gasteiger partial charge in [-0.2, -0.15) is 0 Å². The molecule has 11 heavy (non-hydrogen) atoms. The highest BCUT2D eigenvalue weighted by molar-refractivity contribution is 5.69. The van der Waals surface area contributed by atoms with Crippen LogP contribution in [-0.4, -0.2) is 23.8 Å². The Kier molecular flexibility index (Phi) is 2.88. The Morgan fingerprint density at radius 2 is 2.36 bits per heavy atom. The van der Waals surface area contributed by atoms with Crippen LogP contribution in [0.2, 0.25) is 0 Å². The molecule has 1 aliphatic rings. The summed E-state index contributed by atoms with van der Waals surface area (Å²) < 4.78 is 4.69. The van der Waals surface area contributed by atoms with E-state index in [0.29, 0.717) is 12.5 Å². The zero-order valence-corrected chi connectivity index (χ0v) is 6.75. The van der Waals surface area contributed by atoms with Crippen LogP contribution in [0.25, 0.3) is 0 Å². The number of rotatable bonds is 4. The second-order valence-corrected chi connectivity index (χ2v) is 2.91. The van der Waals surface area contributed by atoms with Gasteiger partial charge in [0.2, 0.25) is 0 Å². The molecule has 1 fully saturated rings. The maximum Gasteiger partial charge on any atom is 0.308 e. The molecule has 0 aliphatic heterocycles. The van der Waals surface area contributed by atoms with Gasteiger partial charge in [-0.3, -0.25) is 4.79 Å². The summed E-state index contributed by atoms with van der Waals surface area (Å²) in [6, 6.07) is 0. The molecule has 0 bridgehead atoms. The lowest BCUT2D eigenvalue weighted by Crippen LogP contribution is -2.17. The summed E-state index contributed by atoms with van der Waals surface area (Å²) in [5.74, 6) is 0.0753. The molecule has 3 heteroatoms. The van der Waals surface area contributed by atoms with E-state index in [1.54, 1.807) is 6.92 Å². The first-order chi connectivity index (χ1) is 5.24. The zero-order chi connectivity index (χ0) is 8.27. The summed E-state index contributed by atoms with van der Waals surface area (Å²) in [6.45, 7) is 2.16. The monoisotopic (exact) mass is 158 g/mol. The van der Waals surface area contributed by atoms with E-state index in [4.69, 9.17) is 4.74 Å². The third kappa shape index (κ3) is 2.89. The van der Waals surface area contributed by atoms with E-state index in [0.717, 1.165) is 12.8 Å². The number of carbonyl (C=O) groups is 1. The number of hydrogen-bond acceptors (Lipinski definition) is 3. The first kappa shape index (κ1) is 8.53. The molecule has 1 aliphatic carbocycles. The van der Waals surface area contributed by atoms with Crippen LogP contribution in [0, 0.1) is 5.92 Å². The Morgan fingerprint density at radius 1 is 1.73 bits per heavy atom. The van der Waals surface area contributed by atoms with Crippen LogP contribution in [0.4, 0.5) is 0 Å². The van der Waals surface area contributed by atoms with Crippen LogP contribution in [0.3, 0.4) is 0 Å². The Bertz CT molecular complexity index is 140. The molecule has 0 aromatic heterocycles. The highest BCUT2D eigenvalue weighted by Gasteiger charge is 2.31. The van der Waals surface area contributed by atoms with Crippen molar-refractivity contribution in [2.45, 2.75) is 32.3 Å². The number of hydrogen-bond donors (Lipinski definition) is 1. The standard InChI is InChI=1S/C8H14O3/c1-2-11-8(10)5-7(9)6-3-4-6/h6-7,9H,2-5H2,1H3/t7-/m1/s1. The van der Waals surface area contributed by atoms with Crippen LogP contribution >= 0.6 is 0 Å². The molecule has 1 rings (SSSR count). The zero-order valence-electron chi connectivity index (χ0n) is 6.75. The number of esters is 1. The van der Waals surface area contributed by atoms with Crippen molar-refractivity contribution in [3.8, 4) is 0 Å². The maximum absolute atomic E-state index is 10.8. The minimum atomic E-state index is -0.464. The maximum atomic E-state index is 10.8. The van der Waals surface area contributed by atoms with Gasteiger partial charge in [0.1, 0.15) is 0 Å². The molecule has 0 spiro atoms. The first-order valence-electron chi connectivity index (χ1n) is 4.07. The van der Waals surface area contributed by atoms with E-state index >= 15 is 0 Å². The van der Waals surface area contributed by atoms with Crippen molar-refractivity contribution in [1.82, 2.24) is 0 Å². The van der Waals surface area contributed by atoms with Crippen LogP contribution < -0.4 is 0 Å². The summed E-state index contributed by atoms with van der Waals surface area (Å²) in [5, 5.41) is 9.29. The highest BCUT2D eigenvalue weighted by atomic mass is 16.5. The largest absolute Gasteiger partial charge is 0.466 e. The number of aliphatic hydroxyl groups is 1. The van der Waals surface area contributed by atoms with Gasteiger partial charge in [0.25, 0.3) is 0 Å². The number of ether oxygens (including phenoxy) is 1. The van der Waals surface area contributed by atoms with E-state index in [2.05, 4.69) is 0 Å². The summed E-state index contributed by atoms with van der Waals surface area (Å²) in [5.41, 5.74) is 0. The van der Waals surface area contributed by atoms with E-state index < -0.39 is 6.10 Å². The van der Waals surface area contributed by atoms with Gasteiger partial charge in [-0.05, 0) is 25.7 Å². The molecule has 0 aromatic rings. The SMILES string of the molecule is CCOC(=O)C[C@@H](O)C1CC1. The third-order valence-corrected chi connectivity index (χ3v) is 1.85. The highest BCUT2D eigenvalue weighted by Crippen LogP contribution is 2.33. The van der Waals surface area contributed by atoms with Gasteiger partial charge in [0, 0.05) is 0 Å². The average molecular weight is 158 g/mol. The number of carbonyl (C=O) groups excluding carboxylic acids is 1. The van der Waals surface area contributed by atoms with Gasteiger partial charge < -0.3 is 9.84 Å². The fraction of sp³-hybridized carbons (Fsp3) is 0.875. The van der Waals surface area contributed by atoms with Gasteiger partial charge in [-0.1, -0.05) is 0 Å². The van der Waals surface area contributed by atoms with Crippen molar-refractivity contribution in [2.24, 2.45) is 5.92 Å². The van der Waals surface area contributed by atoms with Crippen LogP contribution in [0.15, 0.2) is 0 Å². The molecule has 1 saturated carbocycles. The summed E-state index contributed by atoms with van der Waals surface area (Å²) in [4.78, 5) is 10.8. The average Bonchev–Trinajstić information content (AvgIpc) is 2.67. The van der Waals surface area contributed by atoms with Crippen molar-refractivity contribution in [3.05, 3.63) is 0 Å². The molecule has 0 unspecified atom stereocenters. The van der Waals surface area contributed by atoms with Crippen LogP contribution in [-0.2, 0) is 9.53 Å². The molecular weight excluding hydrogens is 144 g/mol. The molecule has 0 saturated heterocycles. The second kappa shape index (κ2) is 3.72. The predicted molar refractivity (Wildman–Crippen MR) is 40.0 cm³/mol. The van der Waals surface area contributed by atoms with Gasteiger partial charge in [0.15, 0.2) is 0 Å². The summed E-state index contributed by atoms with van der Waals surface area (Å²) in [7, 11) is 0. The smallest absolute Gasteiger partial charge is 0.308 e. The molecule has 1 atom stereocenters. The van der Waals surface area contributed by atoms with Crippen LogP contribution in [0.5, 0.6) is 0 Å². The fourth-order valence-corrected chi connectivity index (χ4v) is 1.04. The van der Waals surface area contributed by atoms with Crippen LogP contribution in [0.1, 0.15) is 26.2 Å². The lowest BCUT2D eigenvalue weighted by atomic mass is 10.2.